The molecule has 4 rings (SSSR count). The first-order valence-corrected chi connectivity index (χ1v) is 7.92. The van der Waals surface area contributed by atoms with Gasteiger partial charge in [-0.25, -0.2) is 4.98 Å². The van der Waals surface area contributed by atoms with Crippen molar-refractivity contribution in [3.8, 4) is 40.2 Å². The van der Waals surface area contributed by atoms with Crippen molar-refractivity contribution in [2.45, 2.75) is 0 Å². The van der Waals surface area contributed by atoms with E-state index in [1.807, 2.05) is 24.3 Å². The van der Waals surface area contributed by atoms with E-state index in [4.69, 9.17) is 9.47 Å². The number of methoxy groups -OCH3 is 2. The first-order chi connectivity index (χ1) is 12.6. The van der Waals surface area contributed by atoms with Crippen molar-refractivity contribution >= 4 is 11.0 Å². The molecule has 0 amide bonds. The van der Waals surface area contributed by atoms with Crippen LogP contribution < -0.4 is 9.47 Å². The van der Waals surface area contributed by atoms with Crippen LogP contribution in [0.4, 0.5) is 0 Å². The lowest BCUT2D eigenvalue weighted by Crippen LogP contribution is -1.95. The average Bonchev–Trinajstić information content (AvgIpc) is 3.21. The standard InChI is InChI=1S/C19H17N3O4/c1-25-12-7-11(8-13(9-12)26-2)22-10-16(23)17(19(22)24)18-20-14-5-3-4-6-15(14)21-18/h3-10,23-24H,1-2H3,(H,20,21). The van der Waals surface area contributed by atoms with Crippen LogP contribution in [0.2, 0.25) is 0 Å². The Kier molecular flexibility index (Phi) is 3.69. The Bertz CT molecular complexity index is 1040. The largest absolute Gasteiger partial charge is 0.505 e. The lowest BCUT2D eigenvalue weighted by atomic mass is 10.2. The minimum Gasteiger partial charge on any atom is -0.505 e. The highest BCUT2D eigenvalue weighted by atomic mass is 16.5. The van der Waals surface area contributed by atoms with Crippen LogP contribution in [-0.2, 0) is 0 Å². The van der Waals surface area contributed by atoms with E-state index in [-0.39, 0.29) is 17.2 Å². The molecule has 7 heteroatoms. The first kappa shape index (κ1) is 15.9. The van der Waals surface area contributed by atoms with Crippen molar-refractivity contribution in [2.75, 3.05) is 14.2 Å². The van der Waals surface area contributed by atoms with Gasteiger partial charge >= 0.3 is 0 Å². The number of ether oxygens (including phenoxy) is 2. The van der Waals surface area contributed by atoms with Crippen LogP contribution in [0.3, 0.4) is 0 Å². The molecule has 0 aliphatic heterocycles. The number of rotatable bonds is 4. The zero-order valence-electron chi connectivity index (χ0n) is 14.2. The summed E-state index contributed by atoms with van der Waals surface area (Å²) in [5, 5.41) is 21.1. The number of hydrogen-bond donors (Lipinski definition) is 3. The van der Waals surface area contributed by atoms with Gasteiger partial charge in [-0.05, 0) is 12.1 Å². The summed E-state index contributed by atoms with van der Waals surface area (Å²) in [4.78, 5) is 7.55. The van der Waals surface area contributed by atoms with Crippen LogP contribution in [0.15, 0.2) is 48.7 Å². The van der Waals surface area contributed by atoms with E-state index in [9.17, 15) is 10.2 Å². The van der Waals surface area contributed by atoms with E-state index in [0.29, 0.717) is 23.0 Å². The maximum atomic E-state index is 10.7. The Morgan fingerprint density at radius 2 is 1.69 bits per heavy atom. The Morgan fingerprint density at radius 3 is 2.35 bits per heavy atom. The molecule has 2 aromatic heterocycles. The molecule has 0 atom stereocenters. The number of nitrogens with zero attached hydrogens (tertiary/aromatic N) is 2. The van der Waals surface area contributed by atoms with Crippen molar-refractivity contribution in [1.82, 2.24) is 14.5 Å². The fourth-order valence-electron chi connectivity index (χ4n) is 2.91. The molecule has 0 radical (unpaired) electrons. The molecule has 0 fully saturated rings. The van der Waals surface area contributed by atoms with Crippen molar-refractivity contribution in [3.63, 3.8) is 0 Å². The molecule has 0 spiro atoms. The van der Waals surface area contributed by atoms with Crippen molar-refractivity contribution in [3.05, 3.63) is 48.7 Å². The molecule has 2 aromatic carbocycles. The summed E-state index contributed by atoms with van der Waals surface area (Å²) >= 11 is 0. The topological polar surface area (TPSA) is 92.5 Å². The Hall–Kier alpha value is -3.61. The second-order valence-electron chi connectivity index (χ2n) is 5.76. The highest BCUT2D eigenvalue weighted by Crippen LogP contribution is 2.41. The molecule has 0 bridgehead atoms. The number of fused-ring (bicyclic) bond motifs is 1. The monoisotopic (exact) mass is 351 g/mol. The lowest BCUT2D eigenvalue weighted by Gasteiger charge is -2.10. The fourth-order valence-corrected chi connectivity index (χ4v) is 2.91. The van der Waals surface area contributed by atoms with Crippen LogP contribution in [0.5, 0.6) is 23.1 Å². The summed E-state index contributed by atoms with van der Waals surface area (Å²) in [6.07, 6.45) is 1.42. The highest BCUT2D eigenvalue weighted by Gasteiger charge is 2.21. The molecule has 26 heavy (non-hydrogen) atoms. The SMILES string of the molecule is COc1cc(OC)cc(-n2cc(O)c(-c3nc4ccccc4[nH]3)c2O)c1. The summed E-state index contributed by atoms with van der Waals surface area (Å²) in [7, 11) is 3.09. The van der Waals surface area contributed by atoms with Gasteiger partial charge < -0.3 is 24.7 Å². The van der Waals surface area contributed by atoms with Crippen LogP contribution in [0.25, 0.3) is 28.1 Å². The van der Waals surface area contributed by atoms with Crippen molar-refractivity contribution in [1.29, 1.82) is 0 Å². The second-order valence-corrected chi connectivity index (χ2v) is 5.76. The van der Waals surface area contributed by atoms with Gasteiger partial charge in [0.25, 0.3) is 0 Å². The van der Waals surface area contributed by atoms with Gasteiger partial charge in [0.2, 0.25) is 5.88 Å². The predicted molar refractivity (Wildman–Crippen MR) is 97.3 cm³/mol. The molecule has 132 valence electrons. The maximum absolute atomic E-state index is 10.7. The third-order valence-electron chi connectivity index (χ3n) is 4.20. The predicted octanol–water partition coefficient (Wildman–Crippen LogP) is 3.45. The molecule has 0 saturated heterocycles. The molecule has 2 heterocycles. The molecule has 3 N–H and O–H groups in total. The third kappa shape index (κ3) is 2.50. The Balaban J connectivity index is 1.87. The number of aromatic nitrogens is 3. The van der Waals surface area contributed by atoms with Crippen LogP contribution in [0, 0.1) is 0 Å². The van der Waals surface area contributed by atoms with Gasteiger partial charge in [-0.3, -0.25) is 4.57 Å². The zero-order chi connectivity index (χ0) is 18.3. The summed E-state index contributed by atoms with van der Waals surface area (Å²) < 4.78 is 12.0. The van der Waals surface area contributed by atoms with Crippen molar-refractivity contribution < 1.29 is 19.7 Å². The van der Waals surface area contributed by atoms with E-state index in [1.54, 1.807) is 32.4 Å². The second kappa shape index (κ2) is 6.03. The number of aromatic hydroxyl groups is 2. The molecule has 0 aliphatic rings. The van der Waals surface area contributed by atoms with Gasteiger partial charge in [0.1, 0.15) is 28.6 Å². The summed E-state index contributed by atoms with van der Waals surface area (Å²) in [6.45, 7) is 0. The van der Waals surface area contributed by atoms with E-state index in [2.05, 4.69) is 9.97 Å². The zero-order valence-corrected chi connectivity index (χ0v) is 14.2. The molecular weight excluding hydrogens is 334 g/mol. The van der Waals surface area contributed by atoms with Crippen LogP contribution >= 0.6 is 0 Å². The molecule has 0 aliphatic carbocycles. The number of benzene rings is 2. The van der Waals surface area contributed by atoms with Gasteiger partial charge in [0.05, 0.1) is 37.1 Å². The normalized spacial score (nSPS) is 11.0. The van der Waals surface area contributed by atoms with Crippen molar-refractivity contribution in [2.24, 2.45) is 0 Å². The van der Waals surface area contributed by atoms with E-state index in [0.717, 1.165) is 11.0 Å². The van der Waals surface area contributed by atoms with Crippen LogP contribution in [-0.4, -0.2) is 39.0 Å². The summed E-state index contributed by atoms with van der Waals surface area (Å²) in [5.41, 5.74) is 2.37. The van der Waals surface area contributed by atoms with E-state index < -0.39 is 0 Å². The number of H-pyrrole nitrogens is 1. The number of para-hydroxylation sites is 2. The van der Waals surface area contributed by atoms with Gasteiger partial charge in [-0.1, -0.05) is 12.1 Å². The summed E-state index contributed by atoms with van der Waals surface area (Å²) in [6, 6.07) is 12.7. The van der Waals surface area contributed by atoms with E-state index in [1.165, 1.54) is 10.8 Å². The fraction of sp³-hybridized carbons (Fsp3) is 0.105. The van der Waals surface area contributed by atoms with E-state index >= 15 is 0 Å². The Morgan fingerprint density at radius 1 is 1.00 bits per heavy atom. The minimum absolute atomic E-state index is 0.0941. The number of imidazole rings is 1. The maximum Gasteiger partial charge on any atom is 0.210 e. The third-order valence-corrected chi connectivity index (χ3v) is 4.20. The van der Waals surface area contributed by atoms with Gasteiger partial charge in [-0.2, -0.15) is 0 Å². The smallest absolute Gasteiger partial charge is 0.210 e. The lowest BCUT2D eigenvalue weighted by molar-refractivity contribution is 0.393. The number of aromatic amines is 1. The first-order valence-electron chi connectivity index (χ1n) is 7.92. The van der Waals surface area contributed by atoms with Gasteiger partial charge in [-0.15, -0.1) is 0 Å². The van der Waals surface area contributed by atoms with Crippen LogP contribution in [0.1, 0.15) is 0 Å². The minimum atomic E-state index is -0.142. The molecule has 0 unspecified atom stereocenters. The molecular formula is C19H17N3O4. The highest BCUT2D eigenvalue weighted by molar-refractivity contribution is 5.82. The molecule has 4 aromatic rings. The molecule has 7 nitrogen and oxygen atoms in total. The number of nitrogens with one attached hydrogen (secondary N) is 1. The number of hydrogen-bond acceptors (Lipinski definition) is 5. The summed E-state index contributed by atoms with van der Waals surface area (Å²) in [5.74, 6) is 1.28. The molecule has 0 saturated carbocycles. The quantitative estimate of drug-likeness (QED) is 0.524. The Labute approximate surface area is 149 Å². The average molecular weight is 351 g/mol. The van der Waals surface area contributed by atoms with Gasteiger partial charge in [0, 0.05) is 18.2 Å². The van der Waals surface area contributed by atoms with Gasteiger partial charge in [0.15, 0.2) is 0 Å².